The van der Waals surface area contributed by atoms with Crippen LogP contribution in [0, 0.1) is 0 Å². The molecule has 2 unspecified atom stereocenters. The zero-order valence-corrected chi connectivity index (χ0v) is 9.14. The summed E-state index contributed by atoms with van der Waals surface area (Å²) in [6.07, 6.45) is 0.168. The molecule has 3 N–H and O–H groups in total. The predicted octanol–water partition coefficient (Wildman–Crippen LogP) is 1.13. The van der Waals surface area contributed by atoms with Crippen molar-refractivity contribution in [1.29, 1.82) is 0 Å². The Bertz CT molecular complexity index is 192. The topological polar surface area (TPSA) is 47.3 Å². The lowest BCUT2D eigenvalue weighted by atomic mass is 9.86. The van der Waals surface area contributed by atoms with Crippen LogP contribution in [0.5, 0.6) is 0 Å². The van der Waals surface area contributed by atoms with Crippen LogP contribution >= 0.6 is 0 Å². The first-order valence-corrected chi connectivity index (χ1v) is 5.47. The Balaban J connectivity index is 2.50. The number of ether oxygens (including phenoxy) is 1. The highest BCUT2D eigenvalue weighted by atomic mass is 19.3. The van der Waals surface area contributed by atoms with Crippen molar-refractivity contribution in [2.24, 2.45) is 5.73 Å². The van der Waals surface area contributed by atoms with Crippen LogP contribution in [0.1, 0.15) is 26.2 Å². The van der Waals surface area contributed by atoms with Crippen LogP contribution in [0.3, 0.4) is 0 Å². The van der Waals surface area contributed by atoms with Gasteiger partial charge in [-0.1, -0.05) is 6.92 Å². The zero-order valence-electron chi connectivity index (χ0n) is 9.14. The number of alkyl halides is 2. The van der Waals surface area contributed by atoms with Gasteiger partial charge in [-0.3, -0.25) is 0 Å². The summed E-state index contributed by atoms with van der Waals surface area (Å²) >= 11 is 0. The molecule has 0 aromatic rings. The fourth-order valence-electron chi connectivity index (χ4n) is 1.99. The van der Waals surface area contributed by atoms with Crippen molar-refractivity contribution >= 4 is 0 Å². The van der Waals surface area contributed by atoms with Gasteiger partial charge < -0.3 is 15.8 Å². The van der Waals surface area contributed by atoms with Crippen LogP contribution in [-0.2, 0) is 4.74 Å². The minimum absolute atomic E-state index is 0.146. The molecule has 0 radical (unpaired) electrons. The molecule has 0 bridgehead atoms. The van der Waals surface area contributed by atoms with Crippen LogP contribution in [0.4, 0.5) is 8.78 Å². The molecule has 1 rings (SSSR count). The second-order valence-corrected chi connectivity index (χ2v) is 4.11. The Morgan fingerprint density at radius 2 is 2.33 bits per heavy atom. The molecule has 15 heavy (non-hydrogen) atoms. The van der Waals surface area contributed by atoms with Gasteiger partial charge in [0.05, 0.1) is 12.6 Å². The molecule has 2 atom stereocenters. The molecule has 0 amide bonds. The molecule has 90 valence electrons. The van der Waals surface area contributed by atoms with Crippen LogP contribution in [0.2, 0.25) is 0 Å². The van der Waals surface area contributed by atoms with Crippen LogP contribution < -0.4 is 11.1 Å². The maximum Gasteiger partial charge on any atom is 0.250 e. The Kier molecular flexibility index (Phi) is 4.89. The molecule has 0 aromatic carbocycles. The first-order valence-electron chi connectivity index (χ1n) is 5.47. The molecule has 0 aromatic heterocycles. The summed E-state index contributed by atoms with van der Waals surface area (Å²) < 4.78 is 29.8. The van der Waals surface area contributed by atoms with Gasteiger partial charge in [0.2, 0.25) is 0 Å². The smallest absolute Gasteiger partial charge is 0.250 e. The molecule has 1 aliphatic heterocycles. The lowest BCUT2D eigenvalue weighted by Crippen LogP contribution is -2.57. The Morgan fingerprint density at radius 1 is 1.60 bits per heavy atom. The Morgan fingerprint density at radius 3 is 2.87 bits per heavy atom. The van der Waals surface area contributed by atoms with Gasteiger partial charge in [0.1, 0.15) is 0 Å². The van der Waals surface area contributed by atoms with Gasteiger partial charge >= 0.3 is 0 Å². The standard InChI is InChI=1S/C10H20F2N2O/c1-2-8-5-10(7-13,3-4-15-8)14-6-9(11)12/h8-9,14H,2-7,13H2,1H3. The predicted molar refractivity (Wildman–Crippen MR) is 55.1 cm³/mol. The highest BCUT2D eigenvalue weighted by molar-refractivity contribution is 4.94. The molecule has 5 heteroatoms. The van der Waals surface area contributed by atoms with Crippen LogP contribution in [0.15, 0.2) is 0 Å². The van der Waals surface area contributed by atoms with E-state index in [1.165, 1.54) is 0 Å². The monoisotopic (exact) mass is 222 g/mol. The number of hydrogen-bond acceptors (Lipinski definition) is 3. The summed E-state index contributed by atoms with van der Waals surface area (Å²) in [6, 6.07) is 0. The molecule has 3 nitrogen and oxygen atoms in total. The highest BCUT2D eigenvalue weighted by Crippen LogP contribution is 2.25. The molecular weight excluding hydrogens is 202 g/mol. The number of nitrogens with one attached hydrogen (secondary N) is 1. The van der Waals surface area contributed by atoms with E-state index in [-0.39, 0.29) is 18.2 Å². The summed E-state index contributed by atoms with van der Waals surface area (Å²) in [7, 11) is 0. The molecule has 0 saturated carbocycles. The average Bonchev–Trinajstić information content (AvgIpc) is 2.26. The van der Waals surface area contributed by atoms with Crippen molar-refractivity contribution in [2.75, 3.05) is 19.7 Å². The van der Waals surface area contributed by atoms with E-state index in [1.807, 2.05) is 6.92 Å². The average molecular weight is 222 g/mol. The lowest BCUT2D eigenvalue weighted by Gasteiger charge is -2.40. The highest BCUT2D eigenvalue weighted by Gasteiger charge is 2.35. The summed E-state index contributed by atoms with van der Waals surface area (Å²) in [5.74, 6) is 0. The SMILES string of the molecule is CCC1CC(CN)(NCC(F)F)CCO1. The summed E-state index contributed by atoms with van der Waals surface area (Å²) in [5.41, 5.74) is 5.33. The Labute approximate surface area is 89.4 Å². The van der Waals surface area contributed by atoms with Crippen LogP contribution in [-0.4, -0.2) is 37.8 Å². The fraction of sp³-hybridized carbons (Fsp3) is 1.00. The maximum absolute atomic E-state index is 12.1. The van der Waals surface area contributed by atoms with E-state index in [9.17, 15) is 8.78 Å². The van der Waals surface area contributed by atoms with Gasteiger partial charge in [-0.2, -0.15) is 0 Å². The minimum Gasteiger partial charge on any atom is -0.378 e. The second kappa shape index (κ2) is 5.72. The van der Waals surface area contributed by atoms with Crippen molar-refractivity contribution < 1.29 is 13.5 Å². The summed E-state index contributed by atoms with van der Waals surface area (Å²) in [5, 5.41) is 2.89. The first-order chi connectivity index (χ1) is 7.12. The number of rotatable bonds is 5. The first kappa shape index (κ1) is 12.8. The normalized spacial score (nSPS) is 32.2. The quantitative estimate of drug-likeness (QED) is 0.733. The number of nitrogens with two attached hydrogens (primary N) is 1. The van der Waals surface area contributed by atoms with Gasteiger partial charge in [0.25, 0.3) is 6.43 Å². The zero-order chi connectivity index (χ0) is 11.3. The van der Waals surface area contributed by atoms with Crippen molar-refractivity contribution in [1.82, 2.24) is 5.32 Å². The largest absolute Gasteiger partial charge is 0.378 e. The third-order valence-corrected chi connectivity index (χ3v) is 3.03. The van der Waals surface area contributed by atoms with E-state index < -0.39 is 6.43 Å². The van der Waals surface area contributed by atoms with Gasteiger partial charge in [0.15, 0.2) is 0 Å². The van der Waals surface area contributed by atoms with Crippen molar-refractivity contribution in [3.8, 4) is 0 Å². The summed E-state index contributed by atoms with van der Waals surface area (Å²) in [6.45, 7) is 2.74. The lowest BCUT2D eigenvalue weighted by molar-refractivity contribution is -0.0316. The molecular formula is C10H20F2N2O. The third-order valence-electron chi connectivity index (χ3n) is 3.03. The van der Waals surface area contributed by atoms with Gasteiger partial charge in [-0.25, -0.2) is 8.78 Å². The van der Waals surface area contributed by atoms with Crippen molar-refractivity contribution in [3.63, 3.8) is 0 Å². The fourth-order valence-corrected chi connectivity index (χ4v) is 1.99. The van der Waals surface area contributed by atoms with Crippen molar-refractivity contribution in [2.45, 2.75) is 44.3 Å². The molecule has 0 spiro atoms. The number of halogens is 2. The van der Waals surface area contributed by atoms with E-state index in [0.717, 1.165) is 12.8 Å². The van der Waals surface area contributed by atoms with Gasteiger partial charge in [-0.15, -0.1) is 0 Å². The second-order valence-electron chi connectivity index (χ2n) is 4.11. The maximum atomic E-state index is 12.1. The van der Waals surface area contributed by atoms with Gasteiger partial charge in [-0.05, 0) is 19.3 Å². The Hall–Kier alpha value is -0.260. The van der Waals surface area contributed by atoms with E-state index >= 15 is 0 Å². The van der Waals surface area contributed by atoms with Crippen molar-refractivity contribution in [3.05, 3.63) is 0 Å². The number of hydrogen-bond donors (Lipinski definition) is 2. The molecule has 1 aliphatic rings. The molecule has 1 saturated heterocycles. The molecule has 0 aliphatic carbocycles. The van der Waals surface area contributed by atoms with E-state index in [2.05, 4.69) is 5.32 Å². The van der Waals surface area contributed by atoms with Crippen LogP contribution in [0.25, 0.3) is 0 Å². The van der Waals surface area contributed by atoms with E-state index in [4.69, 9.17) is 10.5 Å². The van der Waals surface area contributed by atoms with E-state index in [1.54, 1.807) is 0 Å². The summed E-state index contributed by atoms with van der Waals surface area (Å²) in [4.78, 5) is 0. The van der Waals surface area contributed by atoms with Gasteiger partial charge in [0, 0.05) is 18.7 Å². The third kappa shape index (κ3) is 3.66. The molecule has 1 fully saturated rings. The molecule has 1 heterocycles. The van der Waals surface area contributed by atoms with E-state index in [0.29, 0.717) is 19.6 Å². The minimum atomic E-state index is -2.32.